The topological polar surface area (TPSA) is 133 Å². The number of benzene rings is 1. The molecule has 9 nitrogen and oxygen atoms in total. The molecule has 0 aliphatic carbocycles. The Morgan fingerprint density at radius 3 is 2.81 bits per heavy atom. The van der Waals surface area contributed by atoms with Crippen LogP contribution in [-0.2, 0) is 4.74 Å². The lowest BCUT2D eigenvalue weighted by atomic mass is 10.1. The second-order valence-corrected chi connectivity index (χ2v) is 5.81. The number of azide groups is 1. The van der Waals surface area contributed by atoms with Gasteiger partial charge in [0.15, 0.2) is 0 Å². The molecule has 1 aliphatic heterocycles. The minimum absolute atomic E-state index is 0.225. The van der Waals surface area contributed by atoms with Gasteiger partial charge in [0.25, 0.3) is 5.56 Å². The van der Waals surface area contributed by atoms with E-state index in [-0.39, 0.29) is 18.6 Å². The molecule has 2 aromatic rings. The second kappa shape index (κ2) is 7.83. The van der Waals surface area contributed by atoms with Gasteiger partial charge in [-0.1, -0.05) is 41.5 Å². The van der Waals surface area contributed by atoms with Crippen LogP contribution in [-0.4, -0.2) is 33.4 Å². The van der Waals surface area contributed by atoms with Crippen molar-refractivity contribution in [3.8, 4) is 0 Å². The molecule has 1 saturated heterocycles. The molecule has 0 spiro atoms. The van der Waals surface area contributed by atoms with Gasteiger partial charge in [-0.3, -0.25) is 14.3 Å². The number of aromatic nitrogens is 2. The molecule has 0 saturated carbocycles. The van der Waals surface area contributed by atoms with Crippen LogP contribution in [0.4, 0.5) is 0 Å². The minimum Gasteiger partial charge on any atom is -0.394 e. The summed E-state index contributed by atoms with van der Waals surface area (Å²) in [5.41, 5.74) is 8.65. The lowest BCUT2D eigenvalue weighted by Gasteiger charge is -2.15. The Morgan fingerprint density at radius 1 is 1.35 bits per heavy atom. The molecule has 3 atom stereocenters. The predicted molar refractivity (Wildman–Crippen MR) is 95.2 cm³/mol. The molecule has 1 aromatic carbocycles. The van der Waals surface area contributed by atoms with Gasteiger partial charge in [0, 0.05) is 17.5 Å². The van der Waals surface area contributed by atoms with E-state index < -0.39 is 29.6 Å². The molecule has 0 bridgehead atoms. The Kier molecular flexibility index (Phi) is 5.33. The first-order chi connectivity index (χ1) is 12.6. The number of nitrogens with one attached hydrogen (secondary N) is 1. The number of rotatable bonds is 5. The summed E-state index contributed by atoms with van der Waals surface area (Å²) in [5, 5.41) is 12.9. The molecular weight excluding hydrogens is 338 g/mol. The highest BCUT2D eigenvalue weighted by atomic mass is 16.5. The highest BCUT2D eigenvalue weighted by molar-refractivity contribution is 5.68. The number of aliphatic hydroxyl groups is 1. The third-order valence-electron chi connectivity index (χ3n) is 4.14. The Bertz CT molecular complexity index is 959. The number of aromatic amines is 1. The maximum atomic E-state index is 12.2. The summed E-state index contributed by atoms with van der Waals surface area (Å²) in [6.07, 6.45) is 3.55. The molecule has 134 valence electrons. The van der Waals surface area contributed by atoms with Crippen LogP contribution in [0, 0.1) is 0 Å². The highest BCUT2D eigenvalue weighted by Crippen LogP contribution is 2.29. The summed E-state index contributed by atoms with van der Waals surface area (Å²) < 4.78 is 6.84. The first-order valence-electron chi connectivity index (χ1n) is 8.01. The summed E-state index contributed by atoms with van der Waals surface area (Å²) in [4.78, 5) is 29.2. The average Bonchev–Trinajstić information content (AvgIpc) is 3.05. The zero-order valence-corrected chi connectivity index (χ0v) is 13.7. The zero-order chi connectivity index (χ0) is 18.5. The van der Waals surface area contributed by atoms with Gasteiger partial charge in [0.05, 0.1) is 24.3 Å². The van der Waals surface area contributed by atoms with E-state index in [1.54, 1.807) is 12.2 Å². The molecule has 3 rings (SSSR count). The quantitative estimate of drug-likeness (QED) is 0.479. The van der Waals surface area contributed by atoms with Crippen LogP contribution in [0.5, 0.6) is 0 Å². The van der Waals surface area contributed by atoms with E-state index in [9.17, 15) is 14.7 Å². The van der Waals surface area contributed by atoms with Gasteiger partial charge in [0.2, 0.25) is 0 Å². The van der Waals surface area contributed by atoms with Crippen molar-refractivity contribution in [1.29, 1.82) is 0 Å². The third-order valence-corrected chi connectivity index (χ3v) is 4.14. The molecule has 0 unspecified atom stereocenters. The molecule has 2 heterocycles. The summed E-state index contributed by atoms with van der Waals surface area (Å²) in [5.74, 6) is 0. The van der Waals surface area contributed by atoms with Crippen LogP contribution in [0.1, 0.15) is 23.8 Å². The van der Waals surface area contributed by atoms with Crippen LogP contribution in [0.2, 0.25) is 0 Å². The van der Waals surface area contributed by atoms with Crippen molar-refractivity contribution < 1.29 is 9.84 Å². The van der Waals surface area contributed by atoms with Crippen molar-refractivity contribution in [3.63, 3.8) is 0 Å². The minimum atomic E-state index is -0.740. The van der Waals surface area contributed by atoms with E-state index in [0.29, 0.717) is 0 Å². The second-order valence-electron chi connectivity index (χ2n) is 5.81. The van der Waals surface area contributed by atoms with Gasteiger partial charge in [-0.2, -0.15) is 0 Å². The van der Waals surface area contributed by atoms with Crippen molar-refractivity contribution in [2.24, 2.45) is 5.11 Å². The van der Waals surface area contributed by atoms with Crippen LogP contribution in [0.25, 0.3) is 22.6 Å². The fourth-order valence-corrected chi connectivity index (χ4v) is 2.82. The van der Waals surface area contributed by atoms with Crippen molar-refractivity contribution in [2.75, 3.05) is 6.61 Å². The molecule has 1 aliphatic rings. The third kappa shape index (κ3) is 3.75. The van der Waals surface area contributed by atoms with E-state index in [4.69, 9.17) is 10.3 Å². The van der Waals surface area contributed by atoms with E-state index in [1.165, 1.54) is 10.8 Å². The van der Waals surface area contributed by atoms with Crippen molar-refractivity contribution in [1.82, 2.24) is 9.55 Å². The van der Waals surface area contributed by atoms with Gasteiger partial charge in [0.1, 0.15) is 6.23 Å². The van der Waals surface area contributed by atoms with Gasteiger partial charge >= 0.3 is 5.69 Å². The van der Waals surface area contributed by atoms with Gasteiger partial charge in [-0.05, 0) is 17.2 Å². The monoisotopic (exact) mass is 355 g/mol. The maximum Gasteiger partial charge on any atom is 0.330 e. The highest BCUT2D eigenvalue weighted by Gasteiger charge is 2.35. The number of nitrogens with zero attached hydrogens (tertiary/aromatic N) is 4. The molecule has 26 heavy (non-hydrogen) atoms. The Labute approximate surface area is 147 Å². The molecule has 9 heteroatoms. The van der Waals surface area contributed by atoms with E-state index in [2.05, 4.69) is 15.0 Å². The molecule has 0 radical (unpaired) electrons. The Morgan fingerprint density at radius 2 is 2.12 bits per heavy atom. The number of aliphatic hydroxyl groups excluding tert-OH is 1. The maximum absolute atomic E-state index is 12.2. The zero-order valence-electron chi connectivity index (χ0n) is 13.7. The Hall–Kier alpha value is -3.13. The van der Waals surface area contributed by atoms with Crippen LogP contribution >= 0.6 is 0 Å². The smallest absolute Gasteiger partial charge is 0.330 e. The lowest BCUT2D eigenvalue weighted by molar-refractivity contribution is -0.0271. The standard InChI is InChI=1S/C17H17N5O4/c18-21-20-13-8-15(26-14(13)10-23)22-9-12(16(24)19-17(22)25)7-6-11-4-2-1-3-5-11/h1-7,9,13-15,23H,8,10H2,(H,19,24,25)/b7-6+/t13-,14+,15+/m0/s1. The van der Waals surface area contributed by atoms with Gasteiger partial charge in [-0.25, -0.2) is 4.79 Å². The van der Waals surface area contributed by atoms with Gasteiger partial charge in [-0.15, -0.1) is 0 Å². The summed E-state index contributed by atoms with van der Waals surface area (Å²) in [6.45, 7) is -0.334. The summed E-state index contributed by atoms with van der Waals surface area (Å²) in [7, 11) is 0. The van der Waals surface area contributed by atoms with Crippen LogP contribution in [0.3, 0.4) is 0 Å². The Balaban J connectivity index is 1.92. The summed E-state index contributed by atoms with van der Waals surface area (Å²) >= 11 is 0. The SMILES string of the molecule is [N-]=[N+]=N[C@H]1C[C@H](n2cc(/C=C/c3ccccc3)c(=O)[nH]c2=O)O[C@@H]1CO. The largest absolute Gasteiger partial charge is 0.394 e. The first-order valence-corrected chi connectivity index (χ1v) is 8.01. The average molecular weight is 355 g/mol. The van der Waals surface area contributed by atoms with Crippen molar-refractivity contribution in [3.05, 3.63) is 78.9 Å². The van der Waals surface area contributed by atoms with E-state index >= 15 is 0 Å². The number of hydrogen-bond donors (Lipinski definition) is 2. The number of hydrogen-bond acceptors (Lipinski definition) is 5. The molecule has 0 amide bonds. The number of ether oxygens (including phenoxy) is 1. The van der Waals surface area contributed by atoms with E-state index in [0.717, 1.165) is 5.56 Å². The molecule has 2 N–H and O–H groups in total. The molecule has 1 fully saturated rings. The number of H-pyrrole nitrogens is 1. The van der Waals surface area contributed by atoms with E-state index in [1.807, 2.05) is 30.3 Å². The van der Waals surface area contributed by atoms with Crippen LogP contribution < -0.4 is 11.2 Å². The fourth-order valence-electron chi connectivity index (χ4n) is 2.82. The molecule has 1 aromatic heterocycles. The fraction of sp³-hybridized carbons (Fsp3) is 0.294. The molecular formula is C17H17N5O4. The normalized spacial score (nSPS) is 22.4. The first kappa shape index (κ1) is 17.7. The predicted octanol–water partition coefficient (Wildman–Crippen LogP) is 1.67. The lowest BCUT2D eigenvalue weighted by Crippen LogP contribution is -2.33. The van der Waals surface area contributed by atoms with Gasteiger partial charge < -0.3 is 9.84 Å². The van der Waals surface area contributed by atoms with Crippen molar-refractivity contribution >= 4 is 12.2 Å². The van der Waals surface area contributed by atoms with Crippen LogP contribution in [0.15, 0.2) is 51.2 Å². The van der Waals surface area contributed by atoms with Crippen molar-refractivity contribution in [2.45, 2.75) is 24.8 Å². The summed E-state index contributed by atoms with van der Waals surface area (Å²) in [6, 6.07) is 8.83.